The monoisotopic (exact) mass is 236 g/mol. The summed E-state index contributed by atoms with van der Waals surface area (Å²) in [6.07, 6.45) is 5.22. The number of ether oxygens (including phenoxy) is 1. The number of rotatable bonds is 7. The fourth-order valence-corrected chi connectivity index (χ4v) is 1.99. The fraction of sp³-hybridized carbons (Fsp3) is 0.615. The molecule has 4 nitrogen and oxygen atoms in total. The van der Waals surface area contributed by atoms with Crippen molar-refractivity contribution in [2.24, 2.45) is 5.41 Å². The molecular weight excluding hydrogens is 216 g/mol. The molecule has 0 radical (unpaired) electrons. The van der Waals surface area contributed by atoms with Crippen LogP contribution in [0.1, 0.15) is 25.0 Å². The molecule has 94 valence electrons. The van der Waals surface area contributed by atoms with Gasteiger partial charge in [-0.3, -0.25) is 4.98 Å². The summed E-state index contributed by atoms with van der Waals surface area (Å²) in [6.45, 7) is 2.63. The van der Waals surface area contributed by atoms with Crippen molar-refractivity contribution in [3.8, 4) is 5.75 Å². The third-order valence-electron chi connectivity index (χ3n) is 3.41. The highest BCUT2D eigenvalue weighted by Crippen LogP contribution is 2.48. The lowest BCUT2D eigenvalue weighted by atomic mass is 10.0. The van der Waals surface area contributed by atoms with Crippen LogP contribution in [0.2, 0.25) is 0 Å². The van der Waals surface area contributed by atoms with E-state index in [0.717, 1.165) is 31.8 Å². The molecule has 0 bridgehead atoms. The van der Waals surface area contributed by atoms with E-state index in [9.17, 15) is 0 Å². The number of pyridine rings is 1. The van der Waals surface area contributed by atoms with E-state index < -0.39 is 0 Å². The normalized spacial score (nSPS) is 17.0. The van der Waals surface area contributed by atoms with Crippen LogP contribution in [0.3, 0.4) is 0 Å². The van der Waals surface area contributed by atoms with E-state index in [1.165, 1.54) is 19.0 Å². The van der Waals surface area contributed by atoms with Crippen LogP contribution in [0.4, 0.5) is 0 Å². The lowest BCUT2D eigenvalue weighted by Gasteiger charge is -2.15. The van der Waals surface area contributed by atoms with Crippen LogP contribution in [-0.2, 0) is 11.3 Å². The van der Waals surface area contributed by atoms with Gasteiger partial charge in [-0.15, -0.1) is 0 Å². The summed E-state index contributed by atoms with van der Waals surface area (Å²) in [4.78, 5) is 4.14. The minimum absolute atomic E-state index is 0.215. The third-order valence-corrected chi connectivity index (χ3v) is 3.41. The summed E-state index contributed by atoms with van der Waals surface area (Å²) >= 11 is 0. The molecule has 1 fully saturated rings. The van der Waals surface area contributed by atoms with E-state index in [2.05, 4.69) is 10.3 Å². The summed E-state index contributed by atoms with van der Waals surface area (Å²) in [6, 6.07) is 3.51. The zero-order valence-electron chi connectivity index (χ0n) is 10.3. The number of methoxy groups -OCH3 is 1. The molecule has 1 heterocycles. The molecule has 0 unspecified atom stereocenters. The second-order valence-corrected chi connectivity index (χ2v) is 4.85. The Labute approximate surface area is 102 Å². The fourth-order valence-electron chi connectivity index (χ4n) is 1.99. The third kappa shape index (κ3) is 3.68. The molecule has 0 amide bonds. The van der Waals surface area contributed by atoms with Gasteiger partial charge in [-0.2, -0.15) is 0 Å². The molecule has 0 saturated heterocycles. The maximum Gasteiger partial charge on any atom is 0.133 e. The van der Waals surface area contributed by atoms with Crippen molar-refractivity contribution < 1.29 is 9.84 Å². The molecule has 1 aliphatic rings. The average molecular weight is 236 g/mol. The minimum Gasteiger partial charge on any atom is -0.506 e. The average Bonchev–Trinajstić information content (AvgIpc) is 3.10. The SMILES string of the molecule is COCCC1(CNCc2ccc(O)cn2)CC1. The lowest BCUT2D eigenvalue weighted by Crippen LogP contribution is -2.25. The highest BCUT2D eigenvalue weighted by molar-refractivity contribution is 5.17. The zero-order chi connectivity index (χ0) is 12.1. The Morgan fingerprint density at radius 2 is 2.29 bits per heavy atom. The second kappa shape index (κ2) is 5.47. The van der Waals surface area contributed by atoms with Crippen LogP contribution >= 0.6 is 0 Å². The van der Waals surface area contributed by atoms with Gasteiger partial charge in [0, 0.05) is 26.8 Å². The Balaban J connectivity index is 1.71. The molecule has 4 heteroatoms. The van der Waals surface area contributed by atoms with Crippen molar-refractivity contribution in [1.82, 2.24) is 10.3 Å². The van der Waals surface area contributed by atoms with Gasteiger partial charge in [-0.05, 0) is 36.8 Å². The molecule has 1 aromatic heterocycles. The molecule has 1 aliphatic carbocycles. The molecule has 1 saturated carbocycles. The predicted molar refractivity (Wildman–Crippen MR) is 65.8 cm³/mol. The van der Waals surface area contributed by atoms with E-state index in [-0.39, 0.29) is 5.75 Å². The van der Waals surface area contributed by atoms with E-state index in [1.54, 1.807) is 13.2 Å². The number of aromatic nitrogens is 1. The molecular formula is C13H20N2O2. The molecule has 0 atom stereocenters. The van der Waals surface area contributed by atoms with Gasteiger partial charge >= 0.3 is 0 Å². The summed E-state index contributed by atoms with van der Waals surface area (Å²) < 4.78 is 5.13. The highest BCUT2D eigenvalue weighted by atomic mass is 16.5. The molecule has 0 aromatic carbocycles. The molecule has 0 aliphatic heterocycles. The van der Waals surface area contributed by atoms with Crippen LogP contribution in [0, 0.1) is 5.41 Å². The summed E-state index contributed by atoms with van der Waals surface area (Å²) in [7, 11) is 1.75. The Bertz CT molecular complexity index is 347. The summed E-state index contributed by atoms with van der Waals surface area (Å²) in [5.41, 5.74) is 1.43. The Morgan fingerprint density at radius 1 is 1.47 bits per heavy atom. The number of aromatic hydroxyl groups is 1. The molecule has 17 heavy (non-hydrogen) atoms. The van der Waals surface area contributed by atoms with Gasteiger partial charge in [0.05, 0.1) is 11.9 Å². The van der Waals surface area contributed by atoms with E-state index in [0.29, 0.717) is 5.41 Å². The van der Waals surface area contributed by atoms with Crippen LogP contribution in [0.5, 0.6) is 5.75 Å². The minimum atomic E-state index is 0.215. The number of hydrogen-bond acceptors (Lipinski definition) is 4. The van der Waals surface area contributed by atoms with Gasteiger partial charge in [0.15, 0.2) is 0 Å². The lowest BCUT2D eigenvalue weighted by molar-refractivity contribution is 0.171. The number of hydrogen-bond donors (Lipinski definition) is 2. The first kappa shape index (κ1) is 12.3. The number of nitrogens with zero attached hydrogens (tertiary/aromatic N) is 1. The highest BCUT2D eigenvalue weighted by Gasteiger charge is 2.41. The van der Waals surface area contributed by atoms with Gasteiger partial charge in [-0.1, -0.05) is 0 Å². The van der Waals surface area contributed by atoms with Crippen molar-refractivity contribution in [3.63, 3.8) is 0 Å². The van der Waals surface area contributed by atoms with Crippen molar-refractivity contribution in [1.29, 1.82) is 0 Å². The predicted octanol–water partition coefficient (Wildman–Crippen LogP) is 1.69. The Morgan fingerprint density at radius 3 is 2.88 bits per heavy atom. The molecule has 1 aromatic rings. The molecule has 0 spiro atoms. The molecule has 2 rings (SSSR count). The maximum atomic E-state index is 9.12. The van der Waals surface area contributed by atoms with E-state index in [1.807, 2.05) is 6.07 Å². The van der Waals surface area contributed by atoms with Crippen molar-refractivity contribution >= 4 is 0 Å². The Kier molecular flexibility index (Phi) is 3.97. The van der Waals surface area contributed by atoms with Crippen LogP contribution in [0.15, 0.2) is 18.3 Å². The van der Waals surface area contributed by atoms with Gasteiger partial charge in [0.25, 0.3) is 0 Å². The quantitative estimate of drug-likeness (QED) is 0.756. The van der Waals surface area contributed by atoms with Gasteiger partial charge in [-0.25, -0.2) is 0 Å². The van der Waals surface area contributed by atoms with Crippen LogP contribution in [0.25, 0.3) is 0 Å². The number of nitrogens with one attached hydrogen (secondary N) is 1. The van der Waals surface area contributed by atoms with Crippen molar-refractivity contribution in [2.45, 2.75) is 25.8 Å². The topological polar surface area (TPSA) is 54.4 Å². The van der Waals surface area contributed by atoms with Gasteiger partial charge in [0.2, 0.25) is 0 Å². The van der Waals surface area contributed by atoms with Crippen molar-refractivity contribution in [2.75, 3.05) is 20.3 Å². The van der Waals surface area contributed by atoms with Crippen LogP contribution < -0.4 is 5.32 Å². The first-order valence-corrected chi connectivity index (χ1v) is 6.08. The van der Waals surface area contributed by atoms with E-state index in [4.69, 9.17) is 9.84 Å². The Hall–Kier alpha value is -1.13. The summed E-state index contributed by atoms with van der Waals surface area (Å²) in [5, 5.41) is 12.6. The van der Waals surface area contributed by atoms with Gasteiger partial charge in [0.1, 0.15) is 5.75 Å². The maximum absolute atomic E-state index is 9.12. The smallest absolute Gasteiger partial charge is 0.133 e. The first-order chi connectivity index (χ1) is 8.24. The first-order valence-electron chi connectivity index (χ1n) is 6.08. The molecule has 2 N–H and O–H groups in total. The largest absolute Gasteiger partial charge is 0.506 e. The summed E-state index contributed by atoms with van der Waals surface area (Å²) in [5.74, 6) is 0.215. The van der Waals surface area contributed by atoms with E-state index >= 15 is 0 Å². The van der Waals surface area contributed by atoms with Crippen LogP contribution in [-0.4, -0.2) is 30.4 Å². The standard InChI is InChI=1S/C13H20N2O2/c1-17-7-6-13(4-5-13)10-14-8-11-2-3-12(16)9-15-11/h2-3,9,14,16H,4-8,10H2,1H3. The second-order valence-electron chi connectivity index (χ2n) is 4.85. The van der Waals surface area contributed by atoms with Gasteiger partial charge < -0.3 is 15.2 Å². The van der Waals surface area contributed by atoms with Crippen molar-refractivity contribution in [3.05, 3.63) is 24.0 Å². The zero-order valence-corrected chi connectivity index (χ0v) is 10.3.